The summed E-state index contributed by atoms with van der Waals surface area (Å²) in [5.41, 5.74) is 0.842. The largest absolute Gasteiger partial charge is 0.383 e. The number of hydrogen-bond donors (Lipinski definition) is 1. The molecule has 0 saturated heterocycles. The molecule has 0 radical (unpaired) electrons. The number of nitrogens with zero attached hydrogens (tertiary/aromatic N) is 3. The van der Waals surface area contributed by atoms with Crippen LogP contribution in [0, 0.1) is 0 Å². The van der Waals surface area contributed by atoms with Crippen LogP contribution in [0.25, 0.3) is 0 Å². The van der Waals surface area contributed by atoms with Crippen LogP contribution in [0.2, 0.25) is 0 Å². The van der Waals surface area contributed by atoms with Crippen LogP contribution in [-0.4, -0.2) is 55.2 Å². The number of rotatable bonds is 10. The molecule has 0 atom stereocenters. The molecule has 1 aromatic rings. The van der Waals surface area contributed by atoms with Crippen molar-refractivity contribution in [3.8, 4) is 0 Å². The molecule has 0 bridgehead atoms. The number of aryl methyl sites for hydroxylation is 1. The van der Waals surface area contributed by atoms with E-state index in [9.17, 15) is 8.42 Å². The summed E-state index contributed by atoms with van der Waals surface area (Å²) in [6, 6.07) is 0. The molecule has 0 spiro atoms. The number of ether oxygens (including phenoxy) is 1. The van der Waals surface area contributed by atoms with Gasteiger partial charge in [0.25, 0.3) is 0 Å². The third-order valence-corrected chi connectivity index (χ3v) is 4.45. The van der Waals surface area contributed by atoms with Gasteiger partial charge in [0.2, 0.25) is 0 Å². The lowest BCUT2D eigenvalue weighted by atomic mass is 10.4. The lowest BCUT2D eigenvalue weighted by molar-refractivity contribution is 0.199. The number of methoxy groups -OCH3 is 1. The van der Waals surface area contributed by atoms with E-state index in [4.69, 9.17) is 4.74 Å². The molecule has 0 aromatic carbocycles. The van der Waals surface area contributed by atoms with Crippen LogP contribution in [-0.2, 0) is 27.7 Å². The molecule has 19 heavy (non-hydrogen) atoms. The Morgan fingerprint density at radius 3 is 2.95 bits per heavy atom. The van der Waals surface area contributed by atoms with Gasteiger partial charge in [-0.2, -0.15) is 0 Å². The standard InChI is InChI=1S/C11H22N4O3S/c1-3-19(16,17)8-4-6-15-10-11(13-14-15)9-12-5-7-18-2/h10,12H,3-9H2,1-2H3. The predicted molar refractivity (Wildman–Crippen MR) is 72.5 cm³/mol. The van der Waals surface area contributed by atoms with Gasteiger partial charge in [-0.15, -0.1) is 5.10 Å². The molecule has 1 rings (SSSR count). The average Bonchev–Trinajstić information content (AvgIpc) is 2.82. The smallest absolute Gasteiger partial charge is 0.150 e. The van der Waals surface area contributed by atoms with Crippen LogP contribution in [0.3, 0.4) is 0 Å². The first-order valence-corrected chi connectivity index (χ1v) is 8.18. The minimum Gasteiger partial charge on any atom is -0.383 e. The first kappa shape index (κ1) is 16.1. The van der Waals surface area contributed by atoms with Gasteiger partial charge in [-0.3, -0.25) is 4.68 Å². The Labute approximate surface area is 114 Å². The highest BCUT2D eigenvalue weighted by atomic mass is 32.2. The van der Waals surface area contributed by atoms with Gasteiger partial charge in [0.1, 0.15) is 9.84 Å². The van der Waals surface area contributed by atoms with Gasteiger partial charge in [0.05, 0.1) is 18.1 Å². The first-order valence-electron chi connectivity index (χ1n) is 6.36. The van der Waals surface area contributed by atoms with E-state index in [-0.39, 0.29) is 11.5 Å². The van der Waals surface area contributed by atoms with Crippen LogP contribution in [0.1, 0.15) is 19.0 Å². The van der Waals surface area contributed by atoms with Crippen LogP contribution >= 0.6 is 0 Å². The van der Waals surface area contributed by atoms with Crippen molar-refractivity contribution in [2.24, 2.45) is 0 Å². The third-order valence-electron chi connectivity index (χ3n) is 2.66. The summed E-state index contributed by atoms with van der Waals surface area (Å²) >= 11 is 0. The molecule has 7 nitrogen and oxygen atoms in total. The summed E-state index contributed by atoms with van der Waals surface area (Å²) in [6.45, 7) is 4.29. The first-order chi connectivity index (χ1) is 9.07. The Kier molecular flexibility index (Phi) is 6.96. The van der Waals surface area contributed by atoms with E-state index >= 15 is 0 Å². The van der Waals surface area contributed by atoms with Crippen molar-refractivity contribution in [2.45, 2.75) is 26.4 Å². The Balaban J connectivity index is 2.27. The second kappa shape index (κ2) is 8.23. The van der Waals surface area contributed by atoms with Gasteiger partial charge in [-0.1, -0.05) is 12.1 Å². The van der Waals surface area contributed by atoms with Crippen molar-refractivity contribution in [2.75, 3.05) is 31.8 Å². The molecule has 0 amide bonds. The highest BCUT2D eigenvalue weighted by molar-refractivity contribution is 7.91. The van der Waals surface area contributed by atoms with Crippen molar-refractivity contribution < 1.29 is 13.2 Å². The van der Waals surface area contributed by atoms with Crippen molar-refractivity contribution in [3.63, 3.8) is 0 Å². The summed E-state index contributed by atoms with van der Waals surface area (Å²) in [4.78, 5) is 0. The van der Waals surface area contributed by atoms with Gasteiger partial charge in [-0.25, -0.2) is 8.42 Å². The maximum Gasteiger partial charge on any atom is 0.150 e. The van der Waals surface area contributed by atoms with Crippen LogP contribution in [0.4, 0.5) is 0 Å². The van der Waals surface area contributed by atoms with Crippen LogP contribution in [0.5, 0.6) is 0 Å². The quantitative estimate of drug-likeness (QED) is 0.603. The molecular formula is C11H22N4O3S. The molecule has 0 aliphatic rings. The minimum atomic E-state index is -2.89. The zero-order chi connectivity index (χ0) is 14.1. The fourth-order valence-corrected chi connectivity index (χ4v) is 2.37. The molecule has 0 aliphatic heterocycles. The SMILES string of the molecule is CCS(=O)(=O)CCCn1cc(CNCCOC)nn1. The Morgan fingerprint density at radius 2 is 2.26 bits per heavy atom. The summed E-state index contributed by atoms with van der Waals surface area (Å²) in [7, 11) is -1.24. The second-order valence-electron chi connectivity index (χ2n) is 4.23. The minimum absolute atomic E-state index is 0.193. The molecule has 8 heteroatoms. The van der Waals surface area contributed by atoms with Gasteiger partial charge in [0, 0.05) is 38.7 Å². The van der Waals surface area contributed by atoms with Crippen LogP contribution < -0.4 is 5.32 Å². The molecule has 0 fully saturated rings. The maximum atomic E-state index is 11.3. The van der Waals surface area contributed by atoms with E-state index in [2.05, 4.69) is 15.6 Å². The molecule has 1 aromatic heterocycles. The summed E-state index contributed by atoms with van der Waals surface area (Å²) in [5.74, 6) is 0.393. The highest BCUT2D eigenvalue weighted by Gasteiger charge is 2.07. The van der Waals surface area contributed by atoms with Gasteiger partial charge < -0.3 is 10.1 Å². The van der Waals surface area contributed by atoms with E-state index in [0.29, 0.717) is 26.1 Å². The average molecular weight is 290 g/mol. The van der Waals surface area contributed by atoms with Crippen LogP contribution in [0.15, 0.2) is 6.20 Å². The fourth-order valence-electron chi connectivity index (χ4n) is 1.51. The second-order valence-corrected chi connectivity index (χ2v) is 6.71. The topological polar surface area (TPSA) is 86.1 Å². The van der Waals surface area contributed by atoms with E-state index in [1.165, 1.54) is 0 Å². The van der Waals surface area contributed by atoms with Crippen molar-refractivity contribution in [3.05, 3.63) is 11.9 Å². The van der Waals surface area contributed by atoms with Gasteiger partial charge >= 0.3 is 0 Å². The maximum absolute atomic E-state index is 11.3. The van der Waals surface area contributed by atoms with Crippen molar-refractivity contribution in [1.29, 1.82) is 0 Å². The summed E-state index contributed by atoms with van der Waals surface area (Å²) in [5, 5.41) is 11.1. The Bertz CT molecular complexity index is 458. The Hall–Kier alpha value is -0.990. The third kappa shape index (κ3) is 6.65. The number of aromatic nitrogens is 3. The van der Waals surface area contributed by atoms with E-state index < -0.39 is 9.84 Å². The lowest BCUT2D eigenvalue weighted by Crippen LogP contribution is -2.18. The zero-order valence-electron chi connectivity index (χ0n) is 11.5. The molecule has 1 heterocycles. The predicted octanol–water partition coefficient (Wildman–Crippen LogP) is -0.161. The lowest BCUT2D eigenvalue weighted by Gasteiger charge is -2.01. The molecule has 0 saturated carbocycles. The van der Waals surface area contributed by atoms with Crippen molar-refractivity contribution >= 4 is 9.84 Å². The molecular weight excluding hydrogens is 268 g/mol. The number of sulfone groups is 1. The van der Waals surface area contributed by atoms with E-state index in [1.807, 2.05) is 6.20 Å². The summed E-state index contributed by atoms with van der Waals surface area (Å²) < 4.78 is 29.3. The number of nitrogens with one attached hydrogen (secondary N) is 1. The molecule has 110 valence electrons. The molecule has 1 N–H and O–H groups in total. The molecule has 0 aliphatic carbocycles. The van der Waals surface area contributed by atoms with E-state index in [1.54, 1.807) is 18.7 Å². The highest BCUT2D eigenvalue weighted by Crippen LogP contribution is 1.98. The van der Waals surface area contributed by atoms with Gasteiger partial charge in [-0.05, 0) is 6.42 Å². The molecule has 0 unspecified atom stereocenters. The number of hydrogen-bond acceptors (Lipinski definition) is 6. The zero-order valence-corrected chi connectivity index (χ0v) is 12.3. The van der Waals surface area contributed by atoms with E-state index in [0.717, 1.165) is 12.2 Å². The summed E-state index contributed by atoms with van der Waals surface area (Å²) in [6.07, 6.45) is 2.40. The normalized spacial score (nSPS) is 11.9. The Morgan fingerprint density at radius 1 is 1.47 bits per heavy atom. The van der Waals surface area contributed by atoms with Gasteiger partial charge in [0.15, 0.2) is 0 Å². The van der Waals surface area contributed by atoms with Crippen molar-refractivity contribution in [1.82, 2.24) is 20.3 Å². The monoisotopic (exact) mass is 290 g/mol. The fraction of sp³-hybridized carbons (Fsp3) is 0.818.